The number of aromatic nitrogens is 2. The highest BCUT2D eigenvalue weighted by atomic mass is 16.3. The molecule has 1 heterocycles. The van der Waals surface area contributed by atoms with Crippen molar-refractivity contribution in [3.8, 4) is 6.07 Å². The van der Waals surface area contributed by atoms with E-state index < -0.39 is 12.2 Å². The maximum Gasteiger partial charge on any atom is 0.172 e. The molecule has 1 aromatic rings. The van der Waals surface area contributed by atoms with E-state index in [9.17, 15) is 5.11 Å². The molecule has 2 N–H and O–H groups in total. The minimum atomic E-state index is -1.46. The predicted octanol–water partition coefficient (Wildman–Crippen LogP) is -0.606. The van der Waals surface area contributed by atoms with E-state index in [0.29, 0.717) is 0 Å². The Kier molecular flexibility index (Phi) is 2.69. The van der Waals surface area contributed by atoms with Gasteiger partial charge in [0.15, 0.2) is 6.10 Å². The molecule has 0 saturated heterocycles. The molecule has 0 aliphatic rings. The van der Waals surface area contributed by atoms with Crippen LogP contribution in [0.25, 0.3) is 0 Å². The topological polar surface area (TPSA) is 90.0 Å². The number of nitriles is 1. The largest absolute Gasteiger partial charge is 0.383 e. The van der Waals surface area contributed by atoms with E-state index in [2.05, 4.69) is 9.97 Å². The van der Waals surface area contributed by atoms with Gasteiger partial charge in [0.2, 0.25) is 0 Å². The summed E-state index contributed by atoms with van der Waals surface area (Å²) in [7, 11) is 0. The van der Waals surface area contributed by atoms with Crippen LogP contribution in [0.15, 0.2) is 18.6 Å². The Balaban J connectivity index is 2.80. The van der Waals surface area contributed by atoms with Crippen molar-refractivity contribution in [1.29, 1.82) is 5.26 Å². The van der Waals surface area contributed by atoms with Gasteiger partial charge in [-0.3, -0.25) is 9.97 Å². The Morgan fingerprint density at radius 2 is 2.17 bits per heavy atom. The summed E-state index contributed by atoms with van der Waals surface area (Å²) in [6.07, 6.45) is 1.37. The molecule has 0 bridgehead atoms. The molecule has 0 saturated carbocycles. The highest BCUT2D eigenvalue weighted by molar-refractivity contribution is 5.05. The molecule has 1 aromatic heterocycles. The molecule has 5 nitrogen and oxygen atoms in total. The summed E-state index contributed by atoms with van der Waals surface area (Å²) in [6.45, 7) is 0. The quantitative estimate of drug-likeness (QED) is 0.571. The fraction of sp³-hybridized carbons (Fsp3) is 0.286. The molecule has 2 unspecified atom stereocenters. The highest BCUT2D eigenvalue weighted by Gasteiger charge is 2.18. The van der Waals surface area contributed by atoms with Crippen LogP contribution < -0.4 is 0 Å². The summed E-state index contributed by atoms with van der Waals surface area (Å²) in [4.78, 5) is 7.40. The zero-order chi connectivity index (χ0) is 8.97. The van der Waals surface area contributed by atoms with Gasteiger partial charge in [-0.25, -0.2) is 0 Å². The van der Waals surface area contributed by atoms with Gasteiger partial charge in [-0.05, 0) is 0 Å². The third-order valence-corrected chi connectivity index (χ3v) is 1.32. The van der Waals surface area contributed by atoms with Crippen molar-refractivity contribution in [2.75, 3.05) is 0 Å². The predicted molar refractivity (Wildman–Crippen MR) is 38.6 cm³/mol. The fourth-order valence-corrected chi connectivity index (χ4v) is 0.696. The first-order chi connectivity index (χ1) is 5.75. The molecule has 12 heavy (non-hydrogen) atoms. The molecule has 0 aliphatic heterocycles. The van der Waals surface area contributed by atoms with Crippen LogP contribution in [-0.2, 0) is 0 Å². The van der Waals surface area contributed by atoms with Crippen molar-refractivity contribution in [1.82, 2.24) is 9.97 Å². The van der Waals surface area contributed by atoms with Gasteiger partial charge in [0, 0.05) is 12.4 Å². The summed E-state index contributed by atoms with van der Waals surface area (Å²) >= 11 is 0. The second-order valence-corrected chi connectivity index (χ2v) is 2.15. The van der Waals surface area contributed by atoms with E-state index in [4.69, 9.17) is 10.4 Å². The van der Waals surface area contributed by atoms with Crippen LogP contribution in [-0.4, -0.2) is 26.3 Å². The molecule has 0 radical (unpaired) electrons. The number of hydrogen-bond acceptors (Lipinski definition) is 5. The molecular formula is C7H7N3O2. The number of nitrogens with zero attached hydrogens (tertiary/aromatic N) is 3. The lowest BCUT2D eigenvalue weighted by Crippen LogP contribution is -2.16. The summed E-state index contributed by atoms with van der Waals surface area (Å²) in [5.74, 6) is 0. The molecule has 1 rings (SSSR count). The number of rotatable bonds is 2. The van der Waals surface area contributed by atoms with E-state index in [0.717, 1.165) is 0 Å². The lowest BCUT2D eigenvalue weighted by Gasteiger charge is -2.08. The van der Waals surface area contributed by atoms with E-state index in [1.165, 1.54) is 24.7 Å². The molecule has 0 spiro atoms. The van der Waals surface area contributed by atoms with Crippen molar-refractivity contribution in [3.05, 3.63) is 24.3 Å². The standard InChI is InChI=1S/C7H7N3O2/c8-3-6(11)7(12)5-4-9-1-2-10-5/h1-2,4,6-7,11-12H. The van der Waals surface area contributed by atoms with Gasteiger partial charge >= 0.3 is 0 Å². The smallest absolute Gasteiger partial charge is 0.172 e. The Morgan fingerprint density at radius 3 is 2.67 bits per heavy atom. The first kappa shape index (κ1) is 8.59. The molecule has 62 valence electrons. The number of aliphatic hydroxyl groups excluding tert-OH is 2. The third kappa shape index (κ3) is 1.75. The summed E-state index contributed by atoms with van der Waals surface area (Å²) in [5.41, 5.74) is 0.187. The normalized spacial score (nSPS) is 14.8. The van der Waals surface area contributed by atoms with Crippen molar-refractivity contribution >= 4 is 0 Å². The van der Waals surface area contributed by atoms with Gasteiger partial charge in [-0.1, -0.05) is 0 Å². The molecule has 0 aliphatic carbocycles. The van der Waals surface area contributed by atoms with E-state index in [1.807, 2.05) is 0 Å². The van der Waals surface area contributed by atoms with Crippen LogP contribution in [0.3, 0.4) is 0 Å². The van der Waals surface area contributed by atoms with Crippen LogP contribution in [0, 0.1) is 11.3 Å². The van der Waals surface area contributed by atoms with Crippen molar-refractivity contribution < 1.29 is 10.2 Å². The molecule has 0 aromatic carbocycles. The van der Waals surface area contributed by atoms with Gasteiger partial charge < -0.3 is 10.2 Å². The van der Waals surface area contributed by atoms with Crippen LogP contribution in [0.1, 0.15) is 11.8 Å². The van der Waals surface area contributed by atoms with Crippen LogP contribution in [0.4, 0.5) is 0 Å². The maximum atomic E-state index is 9.21. The minimum absolute atomic E-state index is 0.187. The van der Waals surface area contributed by atoms with Gasteiger partial charge in [-0.15, -0.1) is 0 Å². The zero-order valence-corrected chi connectivity index (χ0v) is 6.12. The molecule has 5 heteroatoms. The average molecular weight is 165 g/mol. The van der Waals surface area contributed by atoms with Gasteiger partial charge in [0.1, 0.15) is 6.10 Å². The third-order valence-electron chi connectivity index (χ3n) is 1.32. The van der Waals surface area contributed by atoms with Crippen LogP contribution >= 0.6 is 0 Å². The first-order valence-corrected chi connectivity index (χ1v) is 3.27. The lowest BCUT2D eigenvalue weighted by molar-refractivity contribution is 0.0496. The van der Waals surface area contributed by atoms with Crippen molar-refractivity contribution in [2.45, 2.75) is 12.2 Å². The van der Waals surface area contributed by atoms with Crippen LogP contribution in [0.5, 0.6) is 0 Å². The Hall–Kier alpha value is -1.51. The Bertz CT molecular complexity index is 282. The monoisotopic (exact) mass is 165 g/mol. The van der Waals surface area contributed by atoms with Crippen LogP contribution in [0.2, 0.25) is 0 Å². The van der Waals surface area contributed by atoms with E-state index in [-0.39, 0.29) is 5.69 Å². The zero-order valence-electron chi connectivity index (χ0n) is 6.12. The van der Waals surface area contributed by atoms with E-state index >= 15 is 0 Å². The van der Waals surface area contributed by atoms with Crippen molar-refractivity contribution in [2.24, 2.45) is 0 Å². The Labute approximate surface area is 68.9 Å². The number of hydrogen-bond donors (Lipinski definition) is 2. The second kappa shape index (κ2) is 3.76. The average Bonchev–Trinajstić information content (AvgIpc) is 2.17. The summed E-state index contributed by atoms with van der Waals surface area (Å²) < 4.78 is 0. The van der Waals surface area contributed by atoms with Crippen molar-refractivity contribution in [3.63, 3.8) is 0 Å². The fourth-order valence-electron chi connectivity index (χ4n) is 0.696. The highest BCUT2D eigenvalue weighted by Crippen LogP contribution is 2.11. The maximum absolute atomic E-state index is 9.21. The minimum Gasteiger partial charge on any atom is -0.383 e. The number of aliphatic hydroxyl groups is 2. The molecular weight excluding hydrogens is 158 g/mol. The van der Waals surface area contributed by atoms with Gasteiger partial charge in [0.25, 0.3) is 0 Å². The Morgan fingerprint density at radius 1 is 1.42 bits per heavy atom. The molecule has 0 fully saturated rings. The lowest BCUT2D eigenvalue weighted by atomic mass is 10.2. The van der Waals surface area contributed by atoms with Gasteiger partial charge in [-0.2, -0.15) is 5.26 Å². The summed E-state index contributed by atoms with van der Waals surface area (Å²) in [5, 5.41) is 26.4. The van der Waals surface area contributed by atoms with Gasteiger partial charge in [0.05, 0.1) is 18.0 Å². The van der Waals surface area contributed by atoms with E-state index in [1.54, 1.807) is 0 Å². The molecule has 2 atom stereocenters. The second-order valence-electron chi connectivity index (χ2n) is 2.15. The SMILES string of the molecule is N#CC(O)C(O)c1cnccn1. The first-order valence-electron chi connectivity index (χ1n) is 3.27. The molecule has 0 amide bonds. The summed E-state index contributed by atoms with van der Waals surface area (Å²) in [6, 6.07) is 1.50.